The van der Waals surface area contributed by atoms with Gasteiger partial charge in [0.2, 0.25) is 0 Å². The number of rotatable bonds is 9. The number of aryl methyl sites for hydroxylation is 1. The van der Waals surface area contributed by atoms with E-state index in [4.69, 9.17) is 18.6 Å². The van der Waals surface area contributed by atoms with Crippen LogP contribution in [0.4, 0.5) is 0 Å². The Balaban J connectivity index is 0.982. The van der Waals surface area contributed by atoms with Crippen molar-refractivity contribution >= 4 is 17.0 Å². The number of oxazole rings is 1. The summed E-state index contributed by atoms with van der Waals surface area (Å²) in [6.45, 7) is 8.89. The molecule has 8 atom stereocenters. The second-order valence-corrected chi connectivity index (χ2v) is 13.6. The van der Waals surface area contributed by atoms with E-state index in [-0.39, 0.29) is 60.5 Å². The fourth-order valence-corrected chi connectivity index (χ4v) is 7.98. The predicted molar refractivity (Wildman–Crippen MR) is 168 cm³/mol. The topological polar surface area (TPSA) is 132 Å². The van der Waals surface area contributed by atoms with E-state index in [2.05, 4.69) is 26.1 Å². The molecule has 1 saturated carbocycles. The van der Waals surface area contributed by atoms with Crippen LogP contribution in [0.15, 0.2) is 45.6 Å². The third-order valence-corrected chi connectivity index (χ3v) is 10.5. The molecule has 8 unspecified atom stereocenters. The fraction of sp³-hybridized carbons (Fsp3) is 0.600. The first-order chi connectivity index (χ1) is 21.5. The molecule has 2 saturated heterocycles. The second kappa shape index (κ2) is 12.8. The number of amides is 1. The van der Waals surface area contributed by atoms with Gasteiger partial charge < -0.3 is 34.2 Å². The summed E-state index contributed by atoms with van der Waals surface area (Å²) in [5.74, 6) is 0.280. The quantitative estimate of drug-likeness (QED) is 0.288. The number of hydrogen-bond acceptors (Lipinski definition) is 8. The van der Waals surface area contributed by atoms with Gasteiger partial charge in [0.05, 0.1) is 24.3 Å². The van der Waals surface area contributed by atoms with E-state index < -0.39 is 17.6 Å². The lowest BCUT2D eigenvalue weighted by atomic mass is 9.57. The zero-order chi connectivity index (χ0) is 31.9. The van der Waals surface area contributed by atoms with Crippen molar-refractivity contribution in [3.05, 3.63) is 58.1 Å². The molecule has 3 fully saturated rings. The molecule has 1 aromatic heterocycles. The van der Waals surface area contributed by atoms with Gasteiger partial charge in [0, 0.05) is 6.54 Å². The van der Waals surface area contributed by atoms with Crippen molar-refractivity contribution in [1.82, 2.24) is 9.88 Å². The second-order valence-electron chi connectivity index (χ2n) is 13.6. The summed E-state index contributed by atoms with van der Waals surface area (Å²) < 4.78 is 25.2. The van der Waals surface area contributed by atoms with Crippen molar-refractivity contribution in [2.45, 2.75) is 96.9 Å². The molecule has 2 aromatic carbocycles. The van der Waals surface area contributed by atoms with E-state index in [1.807, 2.05) is 19.1 Å². The van der Waals surface area contributed by atoms with Crippen molar-refractivity contribution in [3.8, 4) is 11.5 Å². The lowest BCUT2D eigenvalue weighted by Crippen LogP contribution is -2.66. The van der Waals surface area contributed by atoms with Crippen LogP contribution in [0.3, 0.4) is 0 Å². The van der Waals surface area contributed by atoms with Crippen molar-refractivity contribution in [1.29, 1.82) is 0 Å². The third-order valence-electron chi connectivity index (χ3n) is 10.5. The molecule has 3 aliphatic rings. The number of nitrogens with one attached hydrogen (secondary N) is 1. The Kier molecular flexibility index (Phi) is 9.00. The zero-order valence-corrected chi connectivity index (χ0v) is 26.7. The van der Waals surface area contributed by atoms with Gasteiger partial charge >= 0.3 is 5.76 Å². The Morgan fingerprint density at radius 1 is 1.07 bits per heavy atom. The molecule has 3 heterocycles. The van der Waals surface area contributed by atoms with Crippen LogP contribution in [0, 0.1) is 30.6 Å². The van der Waals surface area contributed by atoms with Gasteiger partial charge in [-0.1, -0.05) is 26.0 Å². The monoisotopic (exact) mass is 622 g/mol. The minimum atomic E-state index is -0.946. The van der Waals surface area contributed by atoms with Crippen molar-refractivity contribution in [3.63, 3.8) is 0 Å². The van der Waals surface area contributed by atoms with Crippen LogP contribution in [0.5, 0.6) is 11.5 Å². The summed E-state index contributed by atoms with van der Waals surface area (Å²) in [6, 6.07) is 10.4. The van der Waals surface area contributed by atoms with Gasteiger partial charge in [-0.25, -0.2) is 4.79 Å². The van der Waals surface area contributed by atoms with Gasteiger partial charge in [-0.3, -0.25) is 9.36 Å². The Morgan fingerprint density at radius 3 is 2.67 bits per heavy atom. The summed E-state index contributed by atoms with van der Waals surface area (Å²) in [5, 5.41) is 25.5. The Hall–Kier alpha value is -3.34. The first kappa shape index (κ1) is 31.6. The number of carbonyl (C=O) groups excluding carboxylic acids is 1. The molecular formula is C35H46N2O8. The lowest BCUT2D eigenvalue weighted by Gasteiger charge is -2.57. The molecule has 1 amide bonds. The van der Waals surface area contributed by atoms with Crippen LogP contribution >= 0.6 is 0 Å². The SMILES string of the molecule is Cc1ccc2oc(=O)n(Cc3ccc(OCC(=O)NCCCC4OC5OC(C)CCC6C(C)CCC(C4C)C56O)c(O)c3)c2c1. The highest BCUT2D eigenvalue weighted by molar-refractivity contribution is 5.77. The first-order valence-corrected chi connectivity index (χ1v) is 16.4. The molecule has 1 aliphatic carbocycles. The fourth-order valence-electron chi connectivity index (χ4n) is 7.98. The third kappa shape index (κ3) is 6.24. The summed E-state index contributed by atoms with van der Waals surface area (Å²) in [4.78, 5) is 24.9. The number of fused-ring (bicyclic) bond motifs is 1. The number of carbonyl (C=O) groups is 1. The number of aromatic hydroxyl groups is 1. The Labute approximate surface area is 263 Å². The largest absolute Gasteiger partial charge is 0.504 e. The zero-order valence-electron chi connectivity index (χ0n) is 26.7. The summed E-state index contributed by atoms with van der Waals surface area (Å²) in [7, 11) is 0. The molecule has 2 aliphatic heterocycles. The molecule has 10 heteroatoms. The summed E-state index contributed by atoms with van der Waals surface area (Å²) in [5.41, 5.74) is 1.95. The highest BCUT2D eigenvalue weighted by atomic mass is 16.7. The maximum absolute atomic E-state index is 12.5. The molecular weight excluding hydrogens is 576 g/mol. The number of aromatic nitrogens is 1. The number of phenolic OH excluding ortho intramolecular Hbond substituents is 1. The molecule has 6 rings (SSSR count). The summed E-state index contributed by atoms with van der Waals surface area (Å²) in [6.07, 6.45) is 4.84. The van der Waals surface area contributed by atoms with Gasteiger partial charge in [0.25, 0.3) is 5.91 Å². The number of aliphatic hydroxyl groups is 1. The van der Waals surface area contributed by atoms with Crippen LogP contribution in [-0.4, -0.2) is 57.9 Å². The standard InChI is InChI=1S/C35H46N2O8/c1-20-7-13-30-27(16-20)37(34(40)45-30)18-24-10-14-31(28(38)17-24)42-19-32(39)36-15-5-6-29-23(4)26-11-8-21(2)25-12-9-22(3)43-33(44-29)35(25,26)41/h7,10,13-14,16-17,21-23,25-26,29,33,38,41H,5-6,8-9,11-12,15,18-19H2,1-4H3,(H,36,39). The van der Waals surface area contributed by atoms with Crippen LogP contribution in [0.2, 0.25) is 0 Å². The average molecular weight is 623 g/mol. The van der Waals surface area contributed by atoms with E-state index in [1.54, 1.807) is 18.2 Å². The van der Waals surface area contributed by atoms with Gasteiger partial charge in [-0.05, 0) is 111 Å². The Bertz CT molecular complexity index is 1580. The predicted octanol–water partition coefficient (Wildman–Crippen LogP) is 4.89. The average Bonchev–Trinajstić information content (AvgIpc) is 3.22. The van der Waals surface area contributed by atoms with Gasteiger partial charge in [-0.2, -0.15) is 0 Å². The van der Waals surface area contributed by atoms with E-state index in [0.29, 0.717) is 29.1 Å². The highest BCUT2D eigenvalue weighted by Crippen LogP contribution is 2.55. The number of benzene rings is 2. The van der Waals surface area contributed by atoms with Crippen LogP contribution in [0.25, 0.3) is 11.1 Å². The molecule has 0 spiro atoms. The number of ether oxygens (including phenoxy) is 3. The minimum absolute atomic E-state index is 0.0483. The molecule has 0 radical (unpaired) electrons. The number of phenols is 1. The van der Waals surface area contributed by atoms with E-state index in [0.717, 1.165) is 44.1 Å². The van der Waals surface area contributed by atoms with E-state index in [9.17, 15) is 19.8 Å². The van der Waals surface area contributed by atoms with Crippen molar-refractivity contribution < 1.29 is 33.6 Å². The molecule has 0 bridgehead atoms. The molecule has 45 heavy (non-hydrogen) atoms. The minimum Gasteiger partial charge on any atom is -0.504 e. The van der Waals surface area contributed by atoms with Gasteiger partial charge in [-0.15, -0.1) is 0 Å². The van der Waals surface area contributed by atoms with E-state index >= 15 is 0 Å². The summed E-state index contributed by atoms with van der Waals surface area (Å²) >= 11 is 0. The first-order valence-electron chi connectivity index (χ1n) is 16.4. The normalized spacial score (nSPS) is 31.3. The highest BCUT2D eigenvalue weighted by Gasteiger charge is 2.61. The molecule has 10 nitrogen and oxygen atoms in total. The van der Waals surface area contributed by atoms with Crippen LogP contribution < -0.4 is 15.8 Å². The number of hydrogen-bond donors (Lipinski definition) is 3. The maximum Gasteiger partial charge on any atom is 0.420 e. The number of nitrogens with zero attached hydrogens (tertiary/aromatic N) is 1. The van der Waals surface area contributed by atoms with Gasteiger partial charge in [0.15, 0.2) is 30.0 Å². The van der Waals surface area contributed by atoms with Crippen LogP contribution in [-0.2, 0) is 20.8 Å². The maximum atomic E-state index is 12.5. The van der Waals surface area contributed by atoms with Crippen LogP contribution in [0.1, 0.15) is 70.4 Å². The lowest BCUT2D eigenvalue weighted by molar-refractivity contribution is -0.343. The van der Waals surface area contributed by atoms with Crippen molar-refractivity contribution in [2.24, 2.45) is 23.7 Å². The van der Waals surface area contributed by atoms with Gasteiger partial charge in [0.1, 0.15) is 5.60 Å². The molecule has 244 valence electrons. The van der Waals surface area contributed by atoms with E-state index in [1.165, 1.54) is 10.6 Å². The van der Waals surface area contributed by atoms with Crippen molar-refractivity contribution in [2.75, 3.05) is 13.2 Å². The molecule has 3 N–H and O–H groups in total. The smallest absolute Gasteiger partial charge is 0.420 e. The molecule has 3 aromatic rings. The Morgan fingerprint density at radius 2 is 1.87 bits per heavy atom.